The molecule has 5 aromatic rings. The number of non-ortho nitro benzene ring substituents is 1. The highest BCUT2D eigenvalue weighted by Crippen LogP contribution is 2.31. The Bertz CT molecular complexity index is 2100. The molecule has 0 aliphatic carbocycles. The number of nitro benzene ring substituents is 1. The van der Waals surface area contributed by atoms with Gasteiger partial charge >= 0.3 is 5.97 Å². The molecule has 0 bridgehead atoms. The highest BCUT2D eigenvalue weighted by molar-refractivity contribution is 7.07. The number of nitro groups is 1. The average Bonchev–Trinajstić information content (AvgIpc) is 3.49. The zero-order valence-electron chi connectivity index (χ0n) is 23.8. The second kappa shape index (κ2) is 11.3. The van der Waals surface area contributed by atoms with E-state index in [1.54, 1.807) is 30.5 Å². The van der Waals surface area contributed by atoms with Crippen LogP contribution in [0.1, 0.15) is 42.1 Å². The molecule has 0 spiro atoms. The van der Waals surface area contributed by atoms with Crippen LogP contribution in [0.25, 0.3) is 17.0 Å². The van der Waals surface area contributed by atoms with Crippen LogP contribution in [0.4, 0.5) is 5.69 Å². The topological polar surface area (TPSA) is 109 Å². The van der Waals surface area contributed by atoms with Gasteiger partial charge in [0.25, 0.3) is 11.2 Å². The van der Waals surface area contributed by atoms with Crippen molar-refractivity contribution in [2.45, 2.75) is 33.4 Å². The minimum Gasteiger partial charge on any atom is -0.463 e. The number of aromatic nitrogens is 2. The second-order valence-corrected chi connectivity index (χ2v) is 11.4. The number of para-hydroxylation sites is 1. The summed E-state index contributed by atoms with van der Waals surface area (Å²) in [6.07, 6.45) is 3.85. The number of thiazole rings is 1. The number of hydrogen-bond acceptors (Lipinski definition) is 7. The zero-order chi connectivity index (χ0) is 30.2. The Morgan fingerprint density at radius 1 is 1.07 bits per heavy atom. The van der Waals surface area contributed by atoms with Crippen molar-refractivity contribution in [1.29, 1.82) is 0 Å². The molecule has 216 valence electrons. The number of nitrogens with zero attached hydrogens (tertiary/aromatic N) is 4. The number of aryl methyl sites for hydroxylation is 1. The maximum absolute atomic E-state index is 14.1. The van der Waals surface area contributed by atoms with Gasteiger partial charge in [0, 0.05) is 41.3 Å². The van der Waals surface area contributed by atoms with Gasteiger partial charge in [-0.05, 0) is 44.0 Å². The van der Waals surface area contributed by atoms with E-state index < -0.39 is 16.9 Å². The quantitative estimate of drug-likeness (QED) is 0.150. The van der Waals surface area contributed by atoms with Gasteiger partial charge in [0.15, 0.2) is 4.80 Å². The molecular weight excluding hydrogens is 564 g/mol. The van der Waals surface area contributed by atoms with Crippen LogP contribution in [0.5, 0.6) is 0 Å². The van der Waals surface area contributed by atoms with Gasteiger partial charge < -0.3 is 9.30 Å². The Morgan fingerprint density at radius 3 is 2.49 bits per heavy atom. The fourth-order valence-corrected chi connectivity index (χ4v) is 6.48. The van der Waals surface area contributed by atoms with E-state index in [2.05, 4.69) is 9.56 Å². The van der Waals surface area contributed by atoms with Crippen molar-refractivity contribution >= 4 is 40.0 Å². The molecule has 0 saturated heterocycles. The number of ether oxygens (including phenoxy) is 1. The first kappa shape index (κ1) is 28.0. The summed E-state index contributed by atoms with van der Waals surface area (Å²) in [5.41, 5.74) is 5.29. The molecule has 2 aromatic heterocycles. The largest absolute Gasteiger partial charge is 0.463 e. The summed E-state index contributed by atoms with van der Waals surface area (Å²) < 4.78 is 9.54. The first-order chi connectivity index (χ1) is 20.7. The molecule has 0 fully saturated rings. The maximum atomic E-state index is 14.1. The molecule has 9 nitrogen and oxygen atoms in total. The van der Waals surface area contributed by atoms with Crippen LogP contribution in [-0.2, 0) is 16.1 Å². The lowest BCUT2D eigenvalue weighted by atomic mass is 9.95. The molecule has 0 radical (unpaired) electrons. The van der Waals surface area contributed by atoms with Crippen molar-refractivity contribution in [3.63, 3.8) is 0 Å². The number of fused-ring (bicyclic) bond motifs is 2. The van der Waals surface area contributed by atoms with Crippen molar-refractivity contribution in [1.82, 2.24) is 9.13 Å². The van der Waals surface area contributed by atoms with Gasteiger partial charge in [0.2, 0.25) is 0 Å². The molecule has 6 rings (SSSR count). The summed E-state index contributed by atoms with van der Waals surface area (Å²) in [6.45, 7) is 6.23. The van der Waals surface area contributed by atoms with E-state index in [9.17, 15) is 19.7 Å². The Kier molecular flexibility index (Phi) is 7.37. The van der Waals surface area contributed by atoms with Gasteiger partial charge in [0.1, 0.15) is 0 Å². The molecule has 1 aliphatic heterocycles. The smallest absolute Gasteiger partial charge is 0.338 e. The van der Waals surface area contributed by atoms with E-state index in [-0.39, 0.29) is 17.9 Å². The van der Waals surface area contributed by atoms with Gasteiger partial charge in [-0.2, -0.15) is 0 Å². The van der Waals surface area contributed by atoms with E-state index in [0.29, 0.717) is 27.1 Å². The first-order valence-corrected chi connectivity index (χ1v) is 14.6. The summed E-state index contributed by atoms with van der Waals surface area (Å²) >= 11 is 1.28. The molecule has 0 N–H and O–H groups in total. The minimum atomic E-state index is -0.665. The third-order valence-electron chi connectivity index (χ3n) is 7.52. The summed E-state index contributed by atoms with van der Waals surface area (Å²) in [6, 6.07) is 21.5. The van der Waals surface area contributed by atoms with Crippen molar-refractivity contribution in [3.05, 3.63) is 142 Å². The SMILES string of the molecule is CCOC(=O)C1=C(C)N=c2s/c(=C\c3cn(Cc4ccc([N+](=O)[O-])cc4)c4ccccc34)c(=O)n2[C@H]1c1ccc(C)cc1. The molecular formula is C33H28N4O5S. The number of carbonyl (C=O) groups is 1. The van der Waals surface area contributed by atoms with E-state index in [1.165, 1.54) is 23.5 Å². The van der Waals surface area contributed by atoms with Gasteiger partial charge in [0.05, 0.1) is 33.4 Å². The molecule has 3 heterocycles. The lowest BCUT2D eigenvalue weighted by molar-refractivity contribution is -0.384. The fraction of sp³-hybridized carbons (Fsp3) is 0.182. The summed E-state index contributed by atoms with van der Waals surface area (Å²) in [7, 11) is 0. The monoisotopic (exact) mass is 592 g/mol. The number of hydrogen-bond donors (Lipinski definition) is 0. The minimum absolute atomic E-state index is 0.0440. The van der Waals surface area contributed by atoms with Crippen LogP contribution >= 0.6 is 11.3 Å². The summed E-state index contributed by atoms with van der Waals surface area (Å²) in [5, 5.41) is 12.0. The molecule has 0 amide bonds. The number of esters is 1. The van der Waals surface area contributed by atoms with Gasteiger partial charge in [-0.1, -0.05) is 71.5 Å². The number of allylic oxidation sites excluding steroid dienone is 1. The second-order valence-electron chi connectivity index (χ2n) is 10.4. The Morgan fingerprint density at radius 2 is 1.79 bits per heavy atom. The standard InChI is InChI=1S/C33H28N4O5S/c1-4-42-32(39)29-21(3)34-33-36(30(29)23-13-9-20(2)10-14-23)31(38)28(43-33)17-24-19-35(27-8-6-5-7-26(24)27)18-22-11-15-25(16-12-22)37(40)41/h5-17,19,30H,4,18H2,1-3H3/b28-17-/t30-/m0/s1. The van der Waals surface area contributed by atoms with Gasteiger partial charge in [-0.25, -0.2) is 9.79 Å². The van der Waals surface area contributed by atoms with Crippen LogP contribution in [0, 0.1) is 17.0 Å². The van der Waals surface area contributed by atoms with Crippen LogP contribution in [0.2, 0.25) is 0 Å². The van der Waals surface area contributed by atoms with Crippen LogP contribution < -0.4 is 14.9 Å². The fourth-order valence-electron chi connectivity index (χ4n) is 5.44. The molecule has 0 saturated carbocycles. The predicted octanol–water partition coefficient (Wildman–Crippen LogP) is 5.02. The normalized spacial score (nSPS) is 15.0. The van der Waals surface area contributed by atoms with E-state index in [0.717, 1.165) is 33.2 Å². The van der Waals surface area contributed by atoms with Crippen molar-refractivity contribution < 1.29 is 14.5 Å². The summed E-state index contributed by atoms with van der Waals surface area (Å²) in [4.78, 5) is 43.1. The van der Waals surface area contributed by atoms with Crippen molar-refractivity contribution in [3.8, 4) is 0 Å². The third-order valence-corrected chi connectivity index (χ3v) is 8.50. The predicted molar refractivity (Wildman–Crippen MR) is 166 cm³/mol. The molecule has 3 aromatic carbocycles. The van der Waals surface area contributed by atoms with Crippen LogP contribution in [0.15, 0.2) is 100 Å². The van der Waals surface area contributed by atoms with E-state index in [4.69, 9.17) is 4.74 Å². The molecule has 1 atom stereocenters. The lowest BCUT2D eigenvalue weighted by Crippen LogP contribution is -2.39. The maximum Gasteiger partial charge on any atom is 0.338 e. The van der Waals surface area contributed by atoms with E-state index in [1.807, 2.05) is 67.7 Å². The summed E-state index contributed by atoms with van der Waals surface area (Å²) in [5.74, 6) is -0.488. The van der Waals surface area contributed by atoms with Crippen molar-refractivity contribution in [2.24, 2.45) is 4.99 Å². The number of rotatable bonds is 7. The highest BCUT2D eigenvalue weighted by atomic mass is 32.1. The van der Waals surface area contributed by atoms with E-state index >= 15 is 0 Å². The van der Waals surface area contributed by atoms with Crippen molar-refractivity contribution in [2.75, 3.05) is 6.61 Å². The molecule has 10 heteroatoms. The molecule has 43 heavy (non-hydrogen) atoms. The Hall–Kier alpha value is -5.09. The Labute approximate surface area is 250 Å². The molecule has 0 unspecified atom stereocenters. The van der Waals surface area contributed by atoms with Crippen LogP contribution in [0.3, 0.4) is 0 Å². The third kappa shape index (κ3) is 5.21. The Balaban J connectivity index is 1.48. The number of carbonyl (C=O) groups excluding carboxylic acids is 1. The molecule has 1 aliphatic rings. The highest BCUT2D eigenvalue weighted by Gasteiger charge is 2.33. The zero-order valence-corrected chi connectivity index (χ0v) is 24.6. The lowest BCUT2D eigenvalue weighted by Gasteiger charge is -2.24. The van der Waals surface area contributed by atoms with Gasteiger partial charge in [-0.3, -0.25) is 19.5 Å². The first-order valence-electron chi connectivity index (χ1n) is 13.8. The number of benzene rings is 3. The van der Waals surface area contributed by atoms with Gasteiger partial charge in [-0.15, -0.1) is 0 Å². The van der Waals surface area contributed by atoms with Crippen LogP contribution in [-0.4, -0.2) is 26.6 Å². The average molecular weight is 593 g/mol.